The SMILES string of the molecule is CC[C@@H]1O[C@H](O[C@H]2C(C)[C@H](OC(=O)CCC(C)=O)[C@H](O[C@@H]3C4CO[C@H](O4)[C@@H](N=[N+]=[N-])C3C)O[C@H]2C(C)=O)[C@@H](N=[N+]=[N-])C(C)[C@@H]1C. The second-order valence-corrected chi connectivity index (χ2v) is 12.5. The summed E-state index contributed by atoms with van der Waals surface area (Å²) < 4.78 is 42.9. The summed E-state index contributed by atoms with van der Waals surface area (Å²) in [4.78, 5) is 43.6. The Bertz CT molecular complexity index is 1190. The van der Waals surface area contributed by atoms with E-state index in [0.717, 1.165) is 0 Å². The van der Waals surface area contributed by atoms with Crippen LogP contribution in [0.3, 0.4) is 0 Å². The molecule has 0 N–H and O–H groups in total. The van der Waals surface area contributed by atoms with E-state index < -0.39 is 73.4 Å². The van der Waals surface area contributed by atoms with Crippen LogP contribution in [0.5, 0.6) is 0 Å². The number of ether oxygens (including phenoxy) is 7. The van der Waals surface area contributed by atoms with E-state index in [9.17, 15) is 19.9 Å². The lowest BCUT2D eigenvalue weighted by molar-refractivity contribution is -0.336. The quantitative estimate of drug-likeness (QED) is 0.129. The van der Waals surface area contributed by atoms with Gasteiger partial charge in [-0.15, -0.1) is 0 Å². The molecule has 2 bridgehead atoms. The lowest BCUT2D eigenvalue weighted by Crippen LogP contribution is -2.62. The number of carbonyl (C=O) groups is 3. The Morgan fingerprint density at radius 2 is 1.47 bits per heavy atom. The molecule has 0 spiro atoms. The number of hydrogen-bond donors (Lipinski definition) is 0. The molecule has 4 saturated heterocycles. The van der Waals surface area contributed by atoms with Crippen molar-refractivity contribution in [2.75, 3.05) is 6.61 Å². The van der Waals surface area contributed by atoms with Crippen LogP contribution >= 0.6 is 0 Å². The highest BCUT2D eigenvalue weighted by Crippen LogP contribution is 2.41. The first-order chi connectivity index (χ1) is 21.4. The molecule has 15 atom stereocenters. The fraction of sp³-hybridized carbons (Fsp3) is 0.897. The minimum Gasteiger partial charge on any atom is -0.457 e. The Morgan fingerprint density at radius 1 is 0.800 bits per heavy atom. The van der Waals surface area contributed by atoms with E-state index in [4.69, 9.17) is 38.7 Å². The smallest absolute Gasteiger partial charge is 0.306 e. The van der Waals surface area contributed by atoms with Gasteiger partial charge in [0.05, 0.1) is 37.3 Å². The van der Waals surface area contributed by atoms with Gasteiger partial charge in [-0.2, -0.15) is 0 Å². The van der Waals surface area contributed by atoms with Gasteiger partial charge in [0.25, 0.3) is 0 Å². The number of azide groups is 2. The summed E-state index contributed by atoms with van der Waals surface area (Å²) in [5.74, 6) is -2.27. The Kier molecular flexibility index (Phi) is 11.8. The molecule has 45 heavy (non-hydrogen) atoms. The molecule has 0 amide bonds. The fourth-order valence-corrected chi connectivity index (χ4v) is 6.68. The lowest BCUT2D eigenvalue weighted by Gasteiger charge is -2.49. The van der Waals surface area contributed by atoms with Gasteiger partial charge in [-0.1, -0.05) is 44.8 Å². The highest BCUT2D eigenvalue weighted by atomic mass is 16.8. The Labute approximate surface area is 261 Å². The van der Waals surface area contributed by atoms with Crippen LogP contribution in [0.15, 0.2) is 10.2 Å². The molecule has 16 nitrogen and oxygen atoms in total. The number of hydrogen-bond acceptors (Lipinski definition) is 12. The van der Waals surface area contributed by atoms with Gasteiger partial charge in [0, 0.05) is 22.2 Å². The van der Waals surface area contributed by atoms with Crippen LogP contribution in [0, 0.1) is 23.7 Å². The molecular formula is C29H44N6O10. The first-order valence-corrected chi connectivity index (χ1v) is 15.6. The van der Waals surface area contributed by atoms with Gasteiger partial charge in [-0.05, 0) is 49.1 Å². The topological polar surface area (TPSA) is 213 Å². The van der Waals surface area contributed by atoms with Gasteiger partial charge in [-0.25, -0.2) is 0 Å². The summed E-state index contributed by atoms with van der Waals surface area (Å²) in [7, 11) is 0. The number of Topliss-reactive ketones (excluding diaryl/α,β-unsaturated/α-hetero) is 2. The van der Waals surface area contributed by atoms with Gasteiger partial charge < -0.3 is 38.0 Å². The van der Waals surface area contributed by atoms with Crippen molar-refractivity contribution in [2.24, 2.45) is 33.9 Å². The number of carbonyl (C=O) groups excluding carboxylic acids is 3. The number of ketones is 2. The second-order valence-electron chi connectivity index (χ2n) is 12.5. The van der Waals surface area contributed by atoms with Crippen molar-refractivity contribution in [3.05, 3.63) is 20.9 Å². The molecule has 4 aliphatic heterocycles. The van der Waals surface area contributed by atoms with Gasteiger partial charge in [0.1, 0.15) is 24.1 Å². The number of fused-ring (bicyclic) bond motifs is 2. The van der Waals surface area contributed by atoms with Crippen molar-refractivity contribution in [2.45, 2.75) is 135 Å². The number of nitrogens with zero attached hydrogens (tertiary/aromatic N) is 6. The van der Waals surface area contributed by atoms with Gasteiger partial charge in [0.2, 0.25) is 0 Å². The van der Waals surface area contributed by atoms with Crippen molar-refractivity contribution in [3.8, 4) is 0 Å². The number of esters is 1. The summed E-state index contributed by atoms with van der Waals surface area (Å²) in [6, 6.07) is -1.38. The molecule has 0 radical (unpaired) electrons. The predicted molar refractivity (Wildman–Crippen MR) is 155 cm³/mol. The van der Waals surface area contributed by atoms with Crippen LogP contribution in [-0.2, 0) is 47.5 Å². The molecule has 4 unspecified atom stereocenters. The van der Waals surface area contributed by atoms with Gasteiger partial charge in [0.15, 0.2) is 30.8 Å². The van der Waals surface area contributed by atoms with Gasteiger partial charge >= 0.3 is 5.97 Å². The van der Waals surface area contributed by atoms with Crippen molar-refractivity contribution in [1.29, 1.82) is 0 Å². The summed E-state index contributed by atoms with van der Waals surface area (Å²) in [5.41, 5.74) is 18.4. The van der Waals surface area contributed by atoms with E-state index in [1.807, 2.05) is 27.7 Å². The number of rotatable bonds is 12. The molecular weight excluding hydrogens is 592 g/mol. The van der Waals surface area contributed by atoms with Crippen molar-refractivity contribution < 1.29 is 47.5 Å². The molecule has 0 aromatic heterocycles. The average molecular weight is 637 g/mol. The Hall–Kier alpha value is -2.81. The molecule has 4 rings (SSSR count). The second kappa shape index (κ2) is 15.2. The van der Waals surface area contributed by atoms with Crippen LogP contribution in [0.1, 0.15) is 67.7 Å². The molecule has 4 aliphatic rings. The van der Waals surface area contributed by atoms with Crippen LogP contribution in [0.25, 0.3) is 20.9 Å². The van der Waals surface area contributed by atoms with E-state index in [-0.39, 0.29) is 54.9 Å². The third-order valence-corrected chi connectivity index (χ3v) is 9.57. The largest absolute Gasteiger partial charge is 0.457 e. The van der Waals surface area contributed by atoms with Crippen molar-refractivity contribution >= 4 is 17.5 Å². The van der Waals surface area contributed by atoms with Crippen LogP contribution in [0.2, 0.25) is 0 Å². The van der Waals surface area contributed by atoms with Crippen molar-refractivity contribution in [1.82, 2.24) is 0 Å². The van der Waals surface area contributed by atoms with E-state index in [1.165, 1.54) is 13.8 Å². The molecule has 4 heterocycles. The summed E-state index contributed by atoms with van der Waals surface area (Å²) in [6.45, 7) is 12.5. The maximum Gasteiger partial charge on any atom is 0.306 e. The van der Waals surface area contributed by atoms with E-state index in [2.05, 4.69) is 20.1 Å². The Balaban J connectivity index is 1.65. The molecule has 0 aromatic rings. The zero-order valence-electron chi connectivity index (χ0n) is 26.8. The third kappa shape index (κ3) is 7.61. The van der Waals surface area contributed by atoms with Crippen LogP contribution in [0.4, 0.5) is 0 Å². The molecule has 0 aliphatic carbocycles. The zero-order valence-corrected chi connectivity index (χ0v) is 26.8. The van der Waals surface area contributed by atoms with Gasteiger partial charge in [-0.3, -0.25) is 9.59 Å². The molecule has 16 heteroatoms. The maximum absolute atomic E-state index is 13.1. The minimum atomic E-state index is -1.25. The lowest BCUT2D eigenvalue weighted by atomic mass is 9.81. The van der Waals surface area contributed by atoms with E-state index in [1.54, 1.807) is 6.92 Å². The first-order valence-electron chi connectivity index (χ1n) is 15.6. The van der Waals surface area contributed by atoms with Crippen molar-refractivity contribution in [3.63, 3.8) is 0 Å². The van der Waals surface area contributed by atoms with E-state index >= 15 is 0 Å². The summed E-state index contributed by atoms with van der Waals surface area (Å²) >= 11 is 0. The average Bonchev–Trinajstić information content (AvgIpc) is 3.44. The summed E-state index contributed by atoms with van der Waals surface area (Å²) in [5, 5.41) is 7.83. The van der Waals surface area contributed by atoms with Crippen LogP contribution in [-0.4, -0.2) is 91.7 Å². The van der Waals surface area contributed by atoms with E-state index in [0.29, 0.717) is 6.42 Å². The monoisotopic (exact) mass is 636 g/mol. The molecule has 0 saturated carbocycles. The van der Waals surface area contributed by atoms with Crippen LogP contribution < -0.4 is 0 Å². The predicted octanol–water partition coefficient (Wildman–Crippen LogP) is 4.14. The first kappa shape index (κ1) is 35.1. The molecule has 0 aromatic carbocycles. The normalized spacial score (nSPS) is 42.6. The molecule has 4 fully saturated rings. The third-order valence-electron chi connectivity index (χ3n) is 9.57. The molecule has 250 valence electrons. The fourth-order valence-electron chi connectivity index (χ4n) is 6.68. The summed E-state index contributed by atoms with van der Waals surface area (Å²) in [6.07, 6.45) is -7.09. The highest BCUT2D eigenvalue weighted by molar-refractivity contribution is 5.82. The maximum atomic E-state index is 13.1. The Morgan fingerprint density at radius 3 is 2.09 bits per heavy atom. The standard InChI is InChI=1S/C29H44N6O10/c1-8-18-13(3)14(4)21(32-34-30)28(40-18)44-24-16(6)25(42-20(38)10-9-12(2)36)29(45-26(24)17(7)37)43-23-15(5)22(33-35-31)27-39-11-19(23)41-27/h13-16,18-19,21-29H,8-11H2,1-7H3/t13-,14?,15?,16?,18-,19?,21-,22-,23-,24-,25-,26-,27+,28+,29+/m0/s1. The highest BCUT2D eigenvalue weighted by Gasteiger charge is 2.55. The zero-order chi connectivity index (χ0) is 33.0. The minimum absolute atomic E-state index is 0.0112.